The number of aliphatic hydroxyl groups excluding tert-OH is 4. The maximum absolute atomic E-state index is 12.9. The Morgan fingerprint density at radius 3 is 1.65 bits per heavy atom. The Morgan fingerprint density at radius 1 is 0.759 bits per heavy atom. The minimum atomic E-state index is -5.03. The van der Waals surface area contributed by atoms with Gasteiger partial charge >= 0.3 is 40.0 Å². The number of allylic oxidation sites excluding steroid dienone is 1. The number of aliphatic imine (C=N–C) groups is 1. The summed E-state index contributed by atoms with van der Waals surface area (Å²) in [6.45, 7) is 3.27. The topological polar surface area (TPSA) is 198 Å². The van der Waals surface area contributed by atoms with Crippen molar-refractivity contribution < 1.29 is 81.7 Å². The summed E-state index contributed by atoms with van der Waals surface area (Å²) >= 11 is 0. The van der Waals surface area contributed by atoms with Gasteiger partial charge in [-0.1, -0.05) is 167 Å². The van der Waals surface area contributed by atoms with Crippen molar-refractivity contribution in [1.82, 2.24) is 0 Å². The molecule has 0 aromatic rings. The molecule has 1 rings (SSSR count). The fraction of sp³-hybridized carbons (Fsp3) is 0.925. The number of unbranched alkanes of at least 4 members (excludes halogenated alkanes) is 23. The summed E-state index contributed by atoms with van der Waals surface area (Å²) < 4.78 is 47.0. The summed E-state index contributed by atoms with van der Waals surface area (Å²) in [4.78, 5) is 4.23. The Balaban J connectivity index is 0.0000281. The van der Waals surface area contributed by atoms with Crippen LogP contribution in [-0.4, -0.2) is 95.4 Å². The number of hydrogen-bond donors (Lipinski definition) is 5. The van der Waals surface area contributed by atoms with Crippen LogP contribution >= 0.6 is 0 Å². The maximum atomic E-state index is 12.9. The third kappa shape index (κ3) is 27.5. The van der Waals surface area contributed by atoms with E-state index >= 15 is 0 Å². The summed E-state index contributed by atoms with van der Waals surface area (Å²) in [5.41, 5.74) is 0. The van der Waals surface area contributed by atoms with E-state index in [1.54, 1.807) is 6.08 Å². The quantitative estimate of drug-likeness (QED) is 0.0156. The molecular formula is C40H76NNaO11S. The first kappa shape index (κ1) is 53.8. The van der Waals surface area contributed by atoms with E-state index in [9.17, 15) is 34.0 Å². The molecule has 0 radical (unpaired) electrons. The molecule has 1 aliphatic rings. The number of hydrogen-bond acceptors (Lipinski definition) is 11. The smallest absolute Gasteiger partial charge is 0.862 e. The van der Waals surface area contributed by atoms with Gasteiger partial charge in [-0.3, -0.25) is 9.55 Å². The van der Waals surface area contributed by atoms with Gasteiger partial charge < -0.3 is 35.0 Å². The molecule has 1 aliphatic heterocycles. The number of rotatable bonds is 35. The van der Waals surface area contributed by atoms with Crippen LogP contribution in [0.1, 0.15) is 181 Å². The molecule has 0 aromatic carbocycles. The summed E-state index contributed by atoms with van der Waals surface area (Å²) in [6, 6.07) is -1.04. The van der Waals surface area contributed by atoms with E-state index in [0.717, 1.165) is 38.5 Å². The Morgan fingerprint density at radius 2 is 1.20 bits per heavy atom. The van der Waals surface area contributed by atoms with Gasteiger partial charge in [0.2, 0.25) is 0 Å². The van der Waals surface area contributed by atoms with Gasteiger partial charge in [0.05, 0.1) is 19.3 Å². The largest absolute Gasteiger partial charge is 1.00 e. The monoisotopic (exact) mass is 802 g/mol. The van der Waals surface area contributed by atoms with Crippen LogP contribution < -0.4 is 34.7 Å². The average Bonchev–Trinajstić information content (AvgIpc) is 3.12. The summed E-state index contributed by atoms with van der Waals surface area (Å²) in [5, 5.41) is 54.6. The normalized spacial score (nSPS) is 22.1. The second kappa shape index (κ2) is 34.8. The average molecular weight is 802 g/mol. The Labute approximate surface area is 350 Å². The molecular weight excluding hydrogens is 725 g/mol. The fourth-order valence-electron chi connectivity index (χ4n) is 6.69. The van der Waals surface area contributed by atoms with Gasteiger partial charge in [0.15, 0.2) is 6.29 Å². The van der Waals surface area contributed by atoms with Crippen LogP contribution in [-0.2, 0) is 24.1 Å². The van der Waals surface area contributed by atoms with Crippen molar-refractivity contribution in [3.05, 3.63) is 12.2 Å². The minimum Gasteiger partial charge on any atom is -0.862 e. The van der Waals surface area contributed by atoms with E-state index in [4.69, 9.17) is 14.0 Å². The maximum Gasteiger partial charge on any atom is 1.00 e. The zero-order chi connectivity index (χ0) is 39.2. The van der Waals surface area contributed by atoms with E-state index in [0.29, 0.717) is 6.42 Å². The first-order valence-electron chi connectivity index (χ1n) is 21.0. The zero-order valence-corrected chi connectivity index (χ0v) is 36.9. The third-order valence-electron chi connectivity index (χ3n) is 9.99. The molecule has 54 heavy (non-hydrogen) atoms. The van der Waals surface area contributed by atoms with Crippen LogP contribution in [0.2, 0.25) is 0 Å². The van der Waals surface area contributed by atoms with Gasteiger partial charge in [0.1, 0.15) is 30.5 Å². The summed E-state index contributed by atoms with van der Waals surface area (Å²) in [7, 11) is -5.03. The second-order valence-electron chi connectivity index (χ2n) is 14.9. The molecule has 0 spiro atoms. The van der Waals surface area contributed by atoms with Crippen LogP contribution in [0.3, 0.4) is 0 Å². The fourth-order valence-corrected chi connectivity index (χ4v) is 7.21. The molecule has 14 heteroatoms. The third-order valence-corrected chi connectivity index (χ3v) is 10.5. The molecule has 0 unspecified atom stereocenters. The minimum absolute atomic E-state index is 0. The van der Waals surface area contributed by atoms with Crippen molar-refractivity contribution in [1.29, 1.82) is 0 Å². The van der Waals surface area contributed by atoms with Gasteiger partial charge in [-0.25, -0.2) is 4.18 Å². The molecule has 0 aromatic heterocycles. The van der Waals surface area contributed by atoms with Gasteiger partial charge in [0.25, 0.3) is 0 Å². The Bertz CT molecular complexity index is 1030. The first-order valence-corrected chi connectivity index (χ1v) is 22.4. The van der Waals surface area contributed by atoms with Crippen molar-refractivity contribution in [2.45, 2.75) is 224 Å². The standard InChI is InChI=1S/C40H77NO11S.Na/c1-3-5-7-9-11-13-15-17-19-21-23-25-27-29-34(43)33(32-50-40-38(46)37(45)39(35(31-42)51-40)52-53(47,48)49)41-36(44)30-28-26-24-22-20-18-16-14-12-10-8-6-4-2;/h27,29,33-35,37-40,42-43,45-46H,3-26,28,30-32H2,1-2H3,(H,41,44)(H,47,48,49);/q;+1/p-1/b29-27+;/t33-,34+,35+,37+,38+,39-,40+;/m0./s1. The molecule has 1 saturated heterocycles. The SMILES string of the molecule is CCCCCCCCCCCCC/C=C/[C@@H](O)[C@H](CO[C@@H]1O[C@H](CO)[C@H](OS(=O)(=O)O)[C@H](O)[C@H]1O)N=C([O-])CCCCCCCCCCCCCCC.[Na+]. The molecule has 1 fully saturated rings. The summed E-state index contributed by atoms with van der Waals surface area (Å²) in [5.74, 6) is -0.375. The number of nitrogens with zero attached hydrogens (tertiary/aromatic N) is 1. The number of aliphatic hydroxyl groups is 4. The Hall–Kier alpha value is -0.160. The van der Waals surface area contributed by atoms with Gasteiger partial charge in [-0.15, -0.1) is 0 Å². The van der Waals surface area contributed by atoms with Crippen molar-refractivity contribution in [2.24, 2.45) is 4.99 Å². The Kier molecular flexibility index (Phi) is 34.7. The second-order valence-corrected chi connectivity index (χ2v) is 15.9. The molecule has 0 saturated carbocycles. The zero-order valence-electron chi connectivity index (χ0n) is 34.0. The van der Waals surface area contributed by atoms with E-state index in [1.807, 2.05) is 6.08 Å². The summed E-state index contributed by atoms with van der Waals surface area (Å²) in [6.07, 6.45) is 23.7. The molecule has 0 bridgehead atoms. The molecule has 12 nitrogen and oxygen atoms in total. The molecule has 0 aliphatic carbocycles. The van der Waals surface area contributed by atoms with E-state index in [2.05, 4.69) is 23.0 Å². The van der Waals surface area contributed by atoms with Gasteiger partial charge in [-0.05, 0) is 31.6 Å². The van der Waals surface area contributed by atoms with Crippen LogP contribution in [0.4, 0.5) is 0 Å². The van der Waals surface area contributed by atoms with Crippen molar-refractivity contribution >= 4 is 16.3 Å². The molecule has 5 N–H and O–H groups in total. The van der Waals surface area contributed by atoms with Crippen LogP contribution in [0.15, 0.2) is 17.1 Å². The molecule has 0 amide bonds. The van der Waals surface area contributed by atoms with Crippen LogP contribution in [0.5, 0.6) is 0 Å². The van der Waals surface area contributed by atoms with E-state index in [-0.39, 0.29) is 48.5 Å². The first-order chi connectivity index (χ1) is 25.5. The van der Waals surface area contributed by atoms with Crippen molar-refractivity contribution in [2.75, 3.05) is 13.2 Å². The van der Waals surface area contributed by atoms with Crippen LogP contribution in [0.25, 0.3) is 0 Å². The van der Waals surface area contributed by atoms with Gasteiger partial charge in [0, 0.05) is 0 Å². The van der Waals surface area contributed by atoms with E-state index < -0.39 is 59.9 Å². The number of ether oxygens (including phenoxy) is 2. The molecule has 7 atom stereocenters. The van der Waals surface area contributed by atoms with Crippen molar-refractivity contribution in [3.63, 3.8) is 0 Å². The molecule has 314 valence electrons. The van der Waals surface area contributed by atoms with Gasteiger partial charge in [-0.2, -0.15) is 8.42 Å². The van der Waals surface area contributed by atoms with Crippen LogP contribution in [0, 0.1) is 0 Å². The predicted molar refractivity (Wildman–Crippen MR) is 208 cm³/mol. The van der Waals surface area contributed by atoms with E-state index in [1.165, 1.54) is 116 Å². The predicted octanol–water partition coefficient (Wildman–Crippen LogP) is 3.86. The molecule has 1 heterocycles. The van der Waals surface area contributed by atoms with Crippen molar-refractivity contribution in [3.8, 4) is 0 Å².